The summed E-state index contributed by atoms with van der Waals surface area (Å²) in [6, 6.07) is 0. The van der Waals surface area contributed by atoms with Crippen molar-refractivity contribution in [1.82, 2.24) is 0 Å². The SMILES string of the molecule is [F][Al]([F])[F].[H-].[H-].[K+].[Na+]. The molecule has 0 unspecified atom stereocenters. The van der Waals surface area contributed by atoms with Crippen LogP contribution in [-0.2, 0) is 0 Å². The van der Waals surface area contributed by atoms with Crippen molar-refractivity contribution in [3.63, 3.8) is 0 Å². The first kappa shape index (κ1) is 16.0. The minimum atomic E-state index is -4.64. The zero-order chi connectivity index (χ0) is 3.58. The average molecular weight is 148 g/mol. The monoisotopic (exact) mass is 148 g/mol. The Morgan fingerprint density at radius 1 is 1.17 bits per heavy atom. The van der Waals surface area contributed by atoms with Crippen LogP contribution in [-0.4, -0.2) is 15.5 Å². The fraction of sp³-hybridized carbons (Fsp3) is 0. The molecule has 0 aliphatic rings. The van der Waals surface area contributed by atoms with Crippen LogP contribution < -0.4 is 80.9 Å². The van der Waals surface area contributed by atoms with Gasteiger partial charge in [0, 0.05) is 0 Å². The second-order valence-corrected chi connectivity index (χ2v) is 0.742. The van der Waals surface area contributed by atoms with E-state index in [1.807, 2.05) is 0 Å². The van der Waals surface area contributed by atoms with Crippen molar-refractivity contribution in [3.8, 4) is 0 Å². The van der Waals surface area contributed by atoms with E-state index in [0.29, 0.717) is 0 Å². The van der Waals surface area contributed by atoms with Gasteiger partial charge in [-0.3, -0.25) is 0 Å². The second kappa shape index (κ2) is 10.9. The van der Waals surface area contributed by atoms with Crippen LogP contribution in [0.2, 0.25) is 0 Å². The maximum atomic E-state index is 9.81. The normalized spacial score (nSPS) is 4.50. The quantitative estimate of drug-likeness (QED) is 0.302. The molecular weight excluding hydrogens is 146 g/mol. The van der Waals surface area contributed by atoms with Gasteiger partial charge >= 0.3 is 96.5 Å². The number of halogens is 3. The molecular formula is H2AlF3KNa. The molecule has 0 aromatic rings. The van der Waals surface area contributed by atoms with Gasteiger partial charge in [-0.1, -0.05) is 0 Å². The van der Waals surface area contributed by atoms with E-state index in [4.69, 9.17) is 0 Å². The molecule has 0 heterocycles. The first-order valence-electron chi connectivity index (χ1n) is 0.655. The van der Waals surface area contributed by atoms with Gasteiger partial charge < -0.3 is 13.4 Å². The summed E-state index contributed by atoms with van der Waals surface area (Å²) in [4.78, 5) is 0. The van der Waals surface area contributed by atoms with Gasteiger partial charge in [-0.25, -0.2) is 0 Å². The molecule has 28 valence electrons. The fourth-order valence-corrected chi connectivity index (χ4v) is 0. The summed E-state index contributed by atoms with van der Waals surface area (Å²) in [7, 11) is 0. The maximum Gasteiger partial charge on any atom is 1.04 e. The smallest absolute Gasteiger partial charge is 1.00 e. The molecule has 0 rings (SSSR count). The largest absolute Gasteiger partial charge is 1.04 e. The van der Waals surface area contributed by atoms with Crippen molar-refractivity contribution in [2.24, 2.45) is 0 Å². The zero-order valence-electron chi connectivity index (χ0n) is 5.71. The van der Waals surface area contributed by atoms with Crippen molar-refractivity contribution in [3.05, 3.63) is 0 Å². The van der Waals surface area contributed by atoms with Gasteiger partial charge in [0.25, 0.3) is 0 Å². The van der Waals surface area contributed by atoms with Crippen LogP contribution in [0.15, 0.2) is 0 Å². The van der Waals surface area contributed by atoms with Crippen LogP contribution in [0.5, 0.6) is 0 Å². The predicted octanol–water partition coefficient (Wildman–Crippen LogP) is -4.89. The van der Waals surface area contributed by atoms with E-state index >= 15 is 0 Å². The van der Waals surface area contributed by atoms with Gasteiger partial charge in [-0.15, -0.1) is 0 Å². The van der Waals surface area contributed by atoms with Gasteiger partial charge in [-0.05, 0) is 0 Å². The average Bonchev–Trinajstić information content (AvgIpc) is 0.811. The van der Waals surface area contributed by atoms with Crippen LogP contribution >= 0.6 is 0 Å². The third-order valence-electron chi connectivity index (χ3n) is 0. The van der Waals surface area contributed by atoms with Crippen molar-refractivity contribution in [2.75, 3.05) is 0 Å². The van der Waals surface area contributed by atoms with E-state index in [1.165, 1.54) is 0 Å². The van der Waals surface area contributed by atoms with E-state index in [2.05, 4.69) is 0 Å². The van der Waals surface area contributed by atoms with E-state index in [9.17, 15) is 10.6 Å². The standard InChI is InChI=1S/Al.3FH.K.Na.2H/h;3*1H;;;;/q+3;;;;2*+1;2*-1/p-3. The van der Waals surface area contributed by atoms with Gasteiger partial charge in [-0.2, -0.15) is 0 Å². The first-order valence-corrected chi connectivity index (χ1v) is 1.96. The molecule has 0 aromatic heterocycles. The molecule has 6 heteroatoms. The van der Waals surface area contributed by atoms with Crippen LogP contribution in [0.4, 0.5) is 10.6 Å². The fourth-order valence-electron chi connectivity index (χ4n) is 0. The van der Waals surface area contributed by atoms with Crippen molar-refractivity contribution in [2.45, 2.75) is 0 Å². The Morgan fingerprint density at radius 2 is 1.17 bits per heavy atom. The molecule has 0 aliphatic heterocycles. The van der Waals surface area contributed by atoms with Crippen LogP contribution in [0, 0.1) is 0 Å². The predicted molar refractivity (Wildman–Crippen MR) is 11.3 cm³/mol. The molecule has 0 N–H and O–H groups in total. The molecule has 0 spiro atoms. The van der Waals surface area contributed by atoms with Crippen molar-refractivity contribution < 1.29 is 94.4 Å². The zero-order valence-corrected chi connectivity index (χ0v) is 9.99. The Labute approximate surface area is 107 Å². The van der Waals surface area contributed by atoms with Gasteiger partial charge in [0.2, 0.25) is 0 Å². The van der Waals surface area contributed by atoms with E-state index in [1.54, 1.807) is 0 Å². The molecule has 6 heavy (non-hydrogen) atoms. The summed E-state index contributed by atoms with van der Waals surface area (Å²) in [6.45, 7) is 0. The van der Waals surface area contributed by atoms with Gasteiger partial charge in [0.1, 0.15) is 0 Å². The Morgan fingerprint density at radius 3 is 1.17 bits per heavy atom. The number of hydrogen-bond acceptors (Lipinski definition) is 0. The molecule has 0 saturated heterocycles. The van der Waals surface area contributed by atoms with Gasteiger partial charge in [0.15, 0.2) is 0 Å². The topological polar surface area (TPSA) is 0 Å². The third kappa shape index (κ3) is 28.2. The van der Waals surface area contributed by atoms with Crippen LogP contribution in [0.3, 0.4) is 0 Å². The van der Waals surface area contributed by atoms with Crippen molar-refractivity contribution >= 4 is 15.5 Å². The summed E-state index contributed by atoms with van der Waals surface area (Å²) in [5.74, 6) is 0. The third-order valence-corrected chi connectivity index (χ3v) is 0. The number of rotatable bonds is 0. The molecule has 0 atom stereocenters. The molecule has 0 saturated carbocycles. The minimum Gasteiger partial charge on any atom is -1.00 e. The first-order chi connectivity index (χ1) is 1.73. The summed E-state index contributed by atoms with van der Waals surface area (Å²) in [6.07, 6.45) is 0. The van der Waals surface area contributed by atoms with Crippen molar-refractivity contribution in [1.29, 1.82) is 0 Å². The van der Waals surface area contributed by atoms with Crippen LogP contribution in [0.25, 0.3) is 0 Å². The molecule has 0 fully saturated rings. The van der Waals surface area contributed by atoms with E-state index in [-0.39, 0.29) is 83.8 Å². The summed E-state index contributed by atoms with van der Waals surface area (Å²) in [5, 5.41) is 0. The minimum absolute atomic E-state index is 0. The molecule has 0 nitrogen and oxygen atoms in total. The Hall–Kier alpha value is 2.96. The number of hydrogen-bond donors (Lipinski definition) is 0. The van der Waals surface area contributed by atoms with Gasteiger partial charge in [0.05, 0.1) is 0 Å². The van der Waals surface area contributed by atoms with E-state index in [0.717, 1.165) is 0 Å². The Kier molecular flexibility index (Phi) is 28.9. The molecule has 0 bridgehead atoms. The molecule has 0 amide bonds. The second-order valence-electron chi connectivity index (χ2n) is 0.247. The molecule has 0 aliphatic carbocycles. The summed E-state index contributed by atoms with van der Waals surface area (Å²) in [5.41, 5.74) is 0. The molecule has 0 aromatic carbocycles. The Bertz CT molecular complexity index is 22.0. The Balaban J connectivity index is -0.00000000750. The molecule has 0 radical (unpaired) electrons. The van der Waals surface area contributed by atoms with Crippen LogP contribution in [0.1, 0.15) is 2.85 Å². The van der Waals surface area contributed by atoms with E-state index < -0.39 is 15.5 Å². The summed E-state index contributed by atoms with van der Waals surface area (Å²) >= 11 is -4.64. The maximum absolute atomic E-state index is 9.81. The summed E-state index contributed by atoms with van der Waals surface area (Å²) < 4.78 is 29.4.